The van der Waals surface area contributed by atoms with Crippen molar-refractivity contribution < 1.29 is 14.5 Å². The second-order valence-corrected chi connectivity index (χ2v) is 5.16. The van der Waals surface area contributed by atoms with Crippen molar-refractivity contribution in [3.05, 3.63) is 33.9 Å². The molecular formula is C14H18N2O4. The second-order valence-electron chi connectivity index (χ2n) is 5.16. The first-order chi connectivity index (χ1) is 9.40. The predicted molar refractivity (Wildman–Crippen MR) is 75.3 cm³/mol. The Morgan fingerprint density at radius 1 is 1.45 bits per heavy atom. The van der Waals surface area contributed by atoms with E-state index in [1.54, 1.807) is 12.1 Å². The second kappa shape index (κ2) is 5.58. The zero-order valence-corrected chi connectivity index (χ0v) is 11.8. The molecule has 1 aliphatic heterocycles. The van der Waals surface area contributed by atoms with Gasteiger partial charge in [0.05, 0.1) is 23.2 Å². The van der Waals surface area contributed by atoms with Crippen molar-refractivity contribution in [1.29, 1.82) is 0 Å². The summed E-state index contributed by atoms with van der Waals surface area (Å²) in [4.78, 5) is 24.1. The van der Waals surface area contributed by atoms with E-state index in [1.165, 1.54) is 13.0 Å². The monoisotopic (exact) mass is 278 g/mol. The van der Waals surface area contributed by atoms with E-state index in [9.17, 15) is 14.9 Å². The van der Waals surface area contributed by atoms with Gasteiger partial charge in [-0.3, -0.25) is 14.9 Å². The highest BCUT2D eigenvalue weighted by Crippen LogP contribution is 2.28. The molecule has 2 atom stereocenters. The van der Waals surface area contributed by atoms with Crippen LogP contribution in [0.4, 0.5) is 11.4 Å². The average molecular weight is 278 g/mol. The SMILES string of the molecule is CC(=O)c1cc(N2CC(C)OCC2C)ccc1[N+](=O)[O-]. The number of Topliss-reactive ketones (excluding diaryl/α,β-unsaturated/α-hetero) is 1. The van der Waals surface area contributed by atoms with Crippen LogP contribution >= 0.6 is 0 Å². The maximum absolute atomic E-state index is 11.6. The van der Waals surface area contributed by atoms with Crippen molar-refractivity contribution in [2.45, 2.75) is 32.9 Å². The Kier molecular flexibility index (Phi) is 4.04. The number of carbonyl (C=O) groups excluding carboxylic acids is 1. The molecule has 0 aromatic heterocycles. The van der Waals surface area contributed by atoms with Gasteiger partial charge in [-0.25, -0.2) is 0 Å². The summed E-state index contributed by atoms with van der Waals surface area (Å²) in [6, 6.07) is 4.88. The highest BCUT2D eigenvalue weighted by atomic mass is 16.6. The molecule has 1 aliphatic rings. The first-order valence-electron chi connectivity index (χ1n) is 6.57. The Morgan fingerprint density at radius 3 is 2.75 bits per heavy atom. The van der Waals surface area contributed by atoms with E-state index in [1.807, 2.05) is 13.8 Å². The largest absolute Gasteiger partial charge is 0.375 e. The van der Waals surface area contributed by atoms with Gasteiger partial charge in [-0.1, -0.05) is 0 Å². The van der Waals surface area contributed by atoms with Gasteiger partial charge in [-0.05, 0) is 32.9 Å². The third-order valence-corrected chi connectivity index (χ3v) is 3.50. The number of ether oxygens (including phenoxy) is 1. The van der Waals surface area contributed by atoms with Crippen LogP contribution in [-0.4, -0.2) is 36.0 Å². The van der Waals surface area contributed by atoms with Crippen molar-refractivity contribution in [2.75, 3.05) is 18.1 Å². The van der Waals surface area contributed by atoms with Gasteiger partial charge in [-0.15, -0.1) is 0 Å². The van der Waals surface area contributed by atoms with Crippen LogP contribution in [-0.2, 0) is 4.74 Å². The number of anilines is 1. The molecule has 0 aliphatic carbocycles. The number of rotatable bonds is 3. The molecule has 6 nitrogen and oxygen atoms in total. The molecule has 2 unspecified atom stereocenters. The molecule has 0 radical (unpaired) electrons. The molecule has 6 heteroatoms. The van der Waals surface area contributed by atoms with E-state index in [2.05, 4.69) is 4.90 Å². The van der Waals surface area contributed by atoms with Crippen LogP contribution < -0.4 is 4.90 Å². The van der Waals surface area contributed by atoms with Gasteiger partial charge in [-0.2, -0.15) is 0 Å². The van der Waals surface area contributed by atoms with E-state index < -0.39 is 4.92 Å². The molecule has 1 aromatic carbocycles. The van der Waals surface area contributed by atoms with Crippen molar-refractivity contribution in [3.63, 3.8) is 0 Å². The quantitative estimate of drug-likeness (QED) is 0.482. The summed E-state index contributed by atoms with van der Waals surface area (Å²) in [7, 11) is 0. The first-order valence-corrected chi connectivity index (χ1v) is 6.57. The van der Waals surface area contributed by atoms with E-state index in [0.29, 0.717) is 13.2 Å². The van der Waals surface area contributed by atoms with E-state index in [4.69, 9.17) is 4.74 Å². The summed E-state index contributed by atoms with van der Waals surface area (Å²) < 4.78 is 5.56. The lowest BCUT2D eigenvalue weighted by molar-refractivity contribution is -0.385. The molecule has 1 heterocycles. The summed E-state index contributed by atoms with van der Waals surface area (Å²) in [6.45, 7) is 6.66. The fourth-order valence-electron chi connectivity index (χ4n) is 2.41. The van der Waals surface area contributed by atoms with Crippen LogP contribution in [0.1, 0.15) is 31.1 Å². The van der Waals surface area contributed by atoms with Crippen molar-refractivity contribution in [1.82, 2.24) is 0 Å². The number of morpholine rings is 1. The lowest BCUT2D eigenvalue weighted by Gasteiger charge is -2.38. The van der Waals surface area contributed by atoms with Crippen LogP contribution in [0, 0.1) is 10.1 Å². The third-order valence-electron chi connectivity index (χ3n) is 3.50. The summed E-state index contributed by atoms with van der Waals surface area (Å²) >= 11 is 0. The lowest BCUT2D eigenvalue weighted by Crippen LogP contribution is -2.47. The first kappa shape index (κ1) is 14.5. The average Bonchev–Trinajstić information content (AvgIpc) is 2.40. The molecule has 1 saturated heterocycles. The Balaban J connectivity index is 2.40. The fourth-order valence-corrected chi connectivity index (χ4v) is 2.41. The lowest BCUT2D eigenvalue weighted by atomic mass is 10.1. The number of hydrogen-bond acceptors (Lipinski definition) is 5. The summed E-state index contributed by atoms with van der Waals surface area (Å²) in [5.74, 6) is -0.299. The molecule has 1 fully saturated rings. The minimum atomic E-state index is -0.522. The van der Waals surface area contributed by atoms with E-state index >= 15 is 0 Å². The van der Waals surface area contributed by atoms with E-state index in [0.717, 1.165) is 5.69 Å². The molecule has 2 rings (SSSR count). The zero-order chi connectivity index (χ0) is 14.9. The van der Waals surface area contributed by atoms with Crippen LogP contribution in [0.3, 0.4) is 0 Å². The van der Waals surface area contributed by atoms with Gasteiger partial charge >= 0.3 is 0 Å². The molecule has 0 N–H and O–H groups in total. The van der Waals surface area contributed by atoms with E-state index in [-0.39, 0.29) is 29.2 Å². The Bertz CT molecular complexity index is 544. The molecule has 0 saturated carbocycles. The van der Waals surface area contributed by atoms with Gasteiger partial charge < -0.3 is 9.64 Å². The topological polar surface area (TPSA) is 72.7 Å². The van der Waals surface area contributed by atoms with Crippen LogP contribution in [0.2, 0.25) is 0 Å². The smallest absolute Gasteiger partial charge is 0.280 e. The third kappa shape index (κ3) is 2.80. The number of hydrogen-bond donors (Lipinski definition) is 0. The Hall–Kier alpha value is -1.95. The molecule has 108 valence electrons. The minimum Gasteiger partial charge on any atom is -0.375 e. The van der Waals surface area contributed by atoms with Crippen molar-refractivity contribution in [2.24, 2.45) is 0 Å². The minimum absolute atomic E-state index is 0.0992. The Labute approximate surface area is 117 Å². The number of benzene rings is 1. The van der Waals surface area contributed by atoms with Gasteiger partial charge in [0, 0.05) is 24.3 Å². The van der Waals surface area contributed by atoms with Gasteiger partial charge in [0.15, 0.2) is 5.78 Å². The molecule has 0 amide bonds. The molecule has 1 aromatic rings. The van der Waals surface area contributed by atoms with Crippen LogP contribution in [0.15, 0.2) is 18.2 Å². The summed E-state index contributed by atoms with van der Waals surface area (Å²) in [5.41, 5.74) is 0.831. The zero-order valence-electron chi connectivity index (χ0n) is 11.8. The van der Waals surface area contributed by atoms with Gasteiger partial charge in [0.25, 0.3) is 5.69 Å². The normalized spacial score (nSPS) is 22.6. The maximum atomic E-state index is 11.6. The maximum Gasteiger partial charge on any atom is 0.280 e. The van der Waals surface area contributed by atoms with Crippen LogP contribution in [0.25, 0.3) is 0 Å². The molecule has 0 spiro atoms. The molecular weight excluding hydrogens is 260 g/mol. The number of nitro benzene ring substituents is 1. The number of nitrogens with zero attached hydrogens (tertiary/aromatic N) is 2. The molecule has 0 bridgehead atoms. The summed E-state index contributed by atoms with van der Waals surface area (Å²) in [5, 5.41) is 10.9. The van der Waals surface area contributed by atoms with Crippen molar-refractivity contribution in [3.8, 4) is 0 Å². The summed E-state index contributed by atoms with van der Waals surface area (Å²) in [6.07, 6.45) is 0.0992. The Morgan fingerprint density at radius 2 is 2.15 bits per heavy atom. The number of ketones is 1. The highest BCUT2D eigenvalue weighted by Gasteiger charge is 2.26. The van der Waals surface area contributed by atoms with Gasteiger partial charge in [0.1, 0.15) is 0 Å². The van der Waals surface area contributed by atoms with Gasteiger partial charge in [0.2, 0.25) is 0 Å². The standard InChI is InChI=1S/C14H18N2O4/c1-9-8-20-10(2)7-15(9)12-4-5-14(16(18)19)13(6-12)11(3)17/h4-6,9-10H,7-8H2,1-3H3. The highest BCUT2D eigenvalue weighted by molar-refractivity contribution is 5.99. The molecule has 20 heavy (non-hydrogen) atoms. The predicted octanol–water partition coefficient (Wildman–Crippen LogP) is 2.41. The van der Waals surface area contributed by atoms with Crippen LogP contribution in [0.5, 0.6) is 0 Å². The fraction of sp³-hybridized carbons (Fsp3) is 0.500. The number of nitro groups is 1. The van der Waals surface area contributed by atoms with Crippen molar-refractivity contribution >= 4 is 17.2 Å². The number of carbonyl (C=O) groups is 1.